The van der Waals surface area contributed by atoms with Gasteiger partial charge in [-0.2, -0.15) is 0 Å². The first-order valence-electron chi connectivity index (χ1n) is 31.0. The first-order chi connectivity index (χ1) is 37.0. The molecule has 0 N–H and O–H groups in total. The minimum atomic E-state index is -0.819. The zero-order valence-electron chi connectivity index (χ0n) is 48.8. The second-order valence-electron chi connectivity index (χ2n) is 20.2. The van der Waals surface area contributed by atoms with Crippen LogP contribution in [0.25, 0.3) is 0 Å². The average Bonchev–Trinajstić information content (AvgIpc) is 3.41. The Morgan fingerprint density at radius 2 is 0.533 bits per heavy atom. The van der Waals surface area contributed by atoms with E-state index in [1.807, 2.05) is 0 Å². The van der Waals surface area contributed by atoms with Gasteiger partial charge >= 0.3 is 17.9 Å². The molecule has 0 spiro atoms. The predicted molar refractivity (Wildman–Crippen MR) is 325 cm³/mol. The monoisotopic (exact) mass is 1040 g/mol. The van der Waals surface area contributed by atoms with E-state index in [9.17, 15) is 14.4 Å². The zero-order valence-corrected chi connectivity index (χ0v) is 48.8. The van der Waals surface area contributed by atoms with Gasteiger partial charge in [0.1, 0.15) is 13.2 Å². The molecule has 0 aliphatic heterocycles. The van der Waals surface area contributed by atoms with Crippen molar-refractivity contribution in [1.82, 2.24) is 0 Å². The Hall–Kier alpha value is -4.19. The molecule has 0 amide bonds. The Balaban J connectivity index is 4.51. The molecule has 1 atom stereocenters. The van der Waals surface area contributed by atoms with Crippen LogP contribution in [0.4, 0.5) is 0 Å². The van der Waals surface area contributed by atoms with Crippen LogP contribution in [0, 0.1) is 0 Å². The summed E-state index contributed by atoms with van der Waals surface area (Å²) in [5, 5.41) is 0. The smallest absolute Gasteiger partial charge is 0.306 e. The summed E-state index contributed by atoms with van der Waals surface area (Å²) in [6, 6.07) is 0. The topological polar surface area (TPSA) is 78.9 Å². The molecule has 6 heteroatoms. The lowest BCUT2D eigenvalue weighted by Gasteiger charge is -2.18. The highest BCUT2D eigenvalue weighted by molar-refractivity contribution is 5.71. The van der Waals surface area contributed by atoms with Gasteiger partial charge in [-0.3, -0.25) is 14.4 Å². The van der Waals surface area contributed by atoms with Crippen molar-refractivity contribution in [3.05, 3.63) is 122 Å². The van der Waals surface area contributed by atoms with Gasteiger partial charge in [-0.05, 0) is 128 Å². The van der Waals surface area contributed by atoms with Crippen LogP contribution in [0.1, 0.15) is 278 Å². The Labute approximate surface area is 462 Å². The number of hydrogen-bond donors (Lipinski definition) is 0. The molecule has 0 saturated carbocycles. The van der Waals surface area contributed by atoms with Crippen LogP contribution in [-0.2, 0) is 28.6 Å². The van der Waals surface area contributed by atoms with Crippen molar-refractivity contribution in [2.24, 2.45) is 0 Å². The van der Waals surface area contributed by atoms with Crippen LogP contribution in [-0.4, -0.2) is 37.2 Å². The summed E-state index contributed by atoms with van der Waals surface area (Å²) in [6.07, 6.45) is 86.3. The lowest BCUT2D eigenvalue weighted by Crippen LogP contribution is -2.30. The average molecular weight is 1040 g/mol. The Bertz CT molecular complexity index is 1570. The van der Waals surface area contributed by atoms with Gasteiger partial charge < -0.3 is 14.2 Å². The maximum Gasteiger partial charge on any atom is 0.306 e. The molecular weight excluding hydrogens is 925 g/mol. The molecular formula is C69H114O6. The third-order valence-corrected chi connectivity index (χ3v) is 12.9. The molecule has 0 aromatic rings. The van der Waals surface area contributed by atoms with Crippen molar-refractivity contribution >= 4 is 17.9 Å². The van der Waals surface area contributed by atoms with Gasteiger partial charge in [0.2, 0.25) is 0 Å². The maximum absolute atomic E-state index is 12.9. The largest absolute Gasteiger partial charge is 0.462 e. The highest BCUT2D eigenvalue weighted by atomic mass is 16.6. The Kier molecular flexibility index (Phi) is 58.9. The number of ether oxygens (including phenoxy) is 3. The number of hydrogen-bond acceptors (Lipinski definition) is 6. The van der Waals surface area contributed by atoms with Crippen molar-refractivity contribution < 1.29 is 28.6 Å². The van der Waals surface area contributed by atoms with Gasteiger partial charge in [-0.15, -0.1) is 0 Å². The first-order valence-corrected chi connectivity index (χ1v) is 31.0. The van der Waals surface area contributed by atoms with E-state index in [0.29, 0.717) is 19.3 Å². The molecule has 0 radical (unpaired) electrons. The highest BCUT2D eigenvalue weighted by Gasteiger charge is 2.19. The number of carbonyl (C=O) groups excluding carboxylic acids is 3. The molecule has 0 aromatic heterocycles. The van der Waals surface area contributed by atoms with Crippen molar-refractivity contribution in [3.63, 3.8) is 0 Å². The summed E-state index contributed by atoms with van der Waals surface area (Å²) in [6.45, 7) is 6.43. The van der Waals surface area contributed by atoms with Crippen LogP contribution in [0.5, 0.6) is 0 Å². The van der Waals surface area contributed by atoms with Gasteiger partial charge in [-0.1, -0.05) is 251 Å². The van der Waals surface area contributed by atoms with E-state index < -0.39 is 6.10 Å². The highest BCUT2D eigenvalue weighted by Crippen LogP contribution is 2.15. The Morgan fingerprint density at radius 1 is 0.280 bits per heavy atom. The molecule has 426 valence electrons. The van der Waals surface area contributed by atoms with Crippen molar-refractivity contribution in [1.29, 1.82) is 0 Å². The predicted octanol–water partition coefficient (Wildman–Crippen LogP) is 21.2. The van der Waals surface area contributed by atoms with Crippen molar-refractivity contribution in [2.75, 3.05) is 13.2 Å². The van der Waals surface area contributed by atoms with Crippen LogP contribution < -0.4 is 0 Å². The number of esters is 3. The van der Waals surface area contributed by atoms with Crippen LogP contribution in [0.15, 0.2) is 122 Å². The van der Waals surface area contributed by atoms with Gasteiger partial charge in [-0.25, -0.2) is 0 Å². The van der Waals surface area contributed by atoms with Crippen LogP contribution in [0.3, 0.4) is 0 Å². The molecule has 0 fully saturated rings. The second-order valence-corrected chi connectivity index (χ2v) is 20.2. The first kappa shape index (κ1) is 70.8. The van der Waals surface area contributed by atoms with Gasteiger partial charge in [0.25, 0.3) is 0 Å². The lowest BCUT2D eigenvalue weighted by molar-refractivity contribution is -0.167. The summed E-state index contributed by atoms with van der Waals surface area (Å²) in [7, 11) is 0. The second kappa shape index (κ2) is 62.4. The van der Waals surface area contributed by atoms with Gasteiger partial charge in [0.05, 0.1) is 0 Å². The third kappa shape index (κ3) is 60.6. The fourth-order valence-corrected chi connectivity index (χ4v) is 8.28. The molecule has 0 saturated heterocycles. The molecule has 0 aliphatic carbocycles. The number of rotatable bonds is 55. The molecule has 0 aliphatic rings. The molecule has 0 aromatic carbocycles. The number of carbonyl (C=O) groups is 3. The standard InChI is InChI=1S/C69H114O6/c1-4-7-10-13-16-19-22-25-28-31-33-34-36-39-42-45-48-51-54-57-60-63-69(72)75-66(64-73-67(70)61-58-55-52-49-46-43-40-37-30-27-24-21-18-15-12-9-6-3)65-74-68(71)62-59-56-53-50-47-44-41-38-35-32-29-26-23-20-17-14-11-8-5-2/h8,11,17-18,20-21,25-30,35,38,40,43-44,47,49,52,66H,4-7,9-10,12-16,19,22-24,31-34,36-37,39,41-42,45-46,48,50-51,53-65H2,1-3H3/b11-8-,20-17-,21-18-,28-25-,29-26-,30-27-,38-35-,43-40-,47-44-,52-49-/t66-/m0/s1. The molecule has 0 rings (SSSR count). The minimum absolute atomic E-state index is 0.115. The molecule has 0 bridgehead atoms. The maximum atomic E-state index is 12.9. The molecule has 0 unspecified atom stereocenters. The summed E-state index contributed by atoms with van der Waals surface area (Å²) in [4.78, 5) is 38.3. The van der Waals surface area contributed by atoms with E-state index >= 15 is 0 Å². The van der Waals surface area contributed by atoms with E-state index in [4.69, 9.17) is 14.2 Å². The van der Waals surface area contributed by atoms with E-state index in [0.717, 1.165) is 103 Å². The fraction of sp³-hybridized carbons (Fsp3) is 0.667. The van der Waals surface area contributed by atoms with E-state index in [1.54, 1.807) is 0 Å². The molecule has 75 heavy (non-hydrogen) atoms. The van der Waals surface area contributed by atoms with Gasteiger partial charge in [0, 0.05) is 19.3 Å². The van der Waals surface area contributed by atoms with E-state index in [1.165, 1.54) is 128 Å². The van der Waals surface area contributed by atoms with Crippen molar-refractivity contribution in [3.8, 4) is 0 Å². The minimum Gasteiger partial charge on any atom is -0.462 e. The van der Waals surface area contributed by atoms with Gasteiger partial charge in [0.15, 0.2) is 6.10 Å². The van der Waals surface area contributed by atoms with Crippen molar-refractivity contribution in [2.45, 2.75) is 284 Å². The fourth-order valence-electron chi connectivity index (χ4n) is 8.28. The summed E-state index contributed by atoms with van der Waals surface area (Å²) >= 11 is 0. The lowest BCUT2D eigenvalue weighted by atomic mass is 10.0. The summed E-state index contributed by atoms with van der Waals surface area (Å²) in [5.74, 6) is -0.999. The Morgan fingerprint density at radius 3 is 0.920 bits per heavy atom. The van der Waals surface area contributed by atoms with Crippen LogP contribution in [0.2, 0.25) is 0 Å². The summed E-state index contributed by atoms with van der Waals surface area (Å²) < 4.78 is 16.8. The quantitative estimate of drug-likeness (QED) is 0.0261. The zero-order chi connectivity index (χ0) is 54.3. The molecule has 0 heterocycles. The number of allylic oxidation sites excluding steroid dienone is 20. The number of unbranched alkanes of at least 4 members (excludes halogenated alkanes) is 24. The van der Waals surface area contributed by atoms with E-state index in [-0.39, 0.29) is 37.5 Å². The molecule has 6 nitrogen and oxygen atoms in total. The SMILES string of the molecule is CC/C=C\C/C=C\C/C=C\C/C=C\C/C=C\CCCCCC(=O)OC[C@H](COC(=O)CCC/C=C\C/C=C\C/C=C\C/C=C\CCCCC)OC(=O)CCCCCCCCCCCCC/C=C\CCCCCCCC. The normalized spacial score (nSPS) is 12.9. The third-order valence-electron chi connectivity index (χ3n) is 12.9. The van der Waals surface area contributed by atoms with E-state index in [2.05, 4.69) is 142 Å². The summed E-state index contributed by atoms with van der Waals surface area (Å²) in [5.41, 5.74) is 0. The van der Waals surface area contributed by atoms with Crippen LogP contribution >= 0.6 is 0 Å².